The van der Waals surface area contributed by atoms with Gasteiger partial charge in [-0.1, -0.05) is 18.5 Å². The number of pyridine rings is 2. The van der Waals surface area contributed by atoms with Crippen molar-refractivity contribution in [2.24, 2.45) is 5.92 Å². The van der Waals surface area contributed by atoms with E-state index in [0.717, 1.165) is 31.6 Å². The lowest BCUT2D eigenvalue weighted by Crippen LogP contribution is -2.39. The summed E-state index contributed by atoms with van der Waals surface area (Å²) in [5.74, 6) is -0.0309. The minimum atomic E-state index is -0.420. The lowest BCUT2D eigenvalue weighted by molar-refractivity contribution is 0.0684. The van der Waals surface area contributed by atoms with E-state index < -0.39 is 5.82 Å². The van der Waals surface area contributed by atoms with Crippen molar-refractivity contribution in [1.29, 1.82) is 0 Å². The molecule has 1 aliphatic rings. The number of hydrogen-bond acceptors (Lipinski definition) is 4. The fourth-order valence-electron chi connectivity index (χ4n) is 3.74. The number of halogens is 2. The molecule has 1 unspecified atom stereocenters. The van der Waals surface area contributed by atoms with Crippen LogP contribution in [-0.4, -0.2) is 33.9 Å². The summed E-state index contributed by atoms with van der Waals surface area (Å²) in [6.45, 7) is 5.49. The van der Waals surface area contributed by atoms with Crippen LogP contribution in [0.3, 0.4) is 0 Å². The van der Waals surface area contributed by atoms with Gasteiger partial charge in [-0.05, 0) is 56.0 Å². The van der Waals surface area contributed by atoms with Gasteiger partial charge in [-0.15, -0.1) is 0 Å². The third-order valence-corrected chi connectivity index (χ3v) is 5.55. The largest absolute Gasteiger partial charge is 0.353 e. The Hall–Kier alpha value is -2.73. The molecule has 1 saturated heterocycles. The van der Waals surface area contributed by atoms with Gasteiger partial charge in [-0.2, -0.15) is 0 Å². The maximum absolute atomic E-state index is 13.5. The number of aromatic nitrogens is 2. The normalized spacial score (nSPS) is 16.8. The van der Waals surface area contributed by atoms with Crippen molar-refractivity contribution in [2.75, 3.05) is 18.4 Å². The van der Waals surface area contributed by atoms with Crippen LogP contribution < -0.4 is 5.32 Å². The summed E-state index contributed by atoms with van der Waals surface area (Å²) in [6.07, 6.45) is 3.68. The average molecular weight is 413 g/mol. The summed E-state index contributed by atoms with van der Waals surface area (Å²) in [7, 11) is 0. The van der Waals surface area contributed by atoms with Crippen LogP contribution in [0.25, 0.3) is 11.0 Å². The molecular weight excluding hydrogens is 391 g/mol. The van der Waals surface area contributed by atoms with Gasteiger partial charge in [-0.25, -0.2) is 14.4 Å². The quantitative estimate of drug-likeness (QED) is 0.630. The molecule has 29 heavy (non-hydrogen) atoms. The fraction of sp³-hybridized carbons (Fsp3) is 0.318. The van der Waals surface area contributed by atoms with Crippen LogP contribution in [0.2, 0.25) is 5.02 Å². The standard InChI is InChI=1S/C22H22ClFN4O/c1-13-4-3-9-28(12-13)22(29)17-11-25-21-16(7-5-14(2)26-21)20(17)27-19-8-6-15(24)10-18(19)23/h5-8,10-11,13H,3-4,9,12H2,1-2H3,(H,25,26,27). The van der Waals surface area contributed by atoms with E-state index in [1.807, 2.05) is 24.0 Å². The zero-order chi connectivity index (χ0) is 20.5. The highest BCUT2D eigenvalue weighted by Gasteiger charge is 2.25. The predicted molar refractivity (Wildman–Crippen MR) is 113 cm³/mol. The Bertz CT molecular complexity index is 1090. The van der Waals surface area contributed by atoms with E-state index in [2.05, 4.69) is 22.2 Å². The lowest BCUT2D eigenvalue weighted by Gasteiger charge is -2.31. The van der Waals surface area contributed by atoms with E-state index >= 15 is 0 Å². The molecule has 1 fully saturated rings. The average Bonchev–Trinajstić information content (AvgIpc) is 2.69. The summed E-state index contributed by atoms with van der Waals surface area (Å²) in [4.78, 5) is 24.1. The molecule has 0 bridgehead atoms. The Morgan fingerprint density at radius 1 is 1.31 bits per heavy atom. The second-order valence-corrected chi connectivity index (χ2v) is 8.03. The van der Waals surface area contributed by atoms with Gasteiger partial charge in [0.2, 0.25) is 0 Å². The molecule has 4 rings (SSSR count). The molecule has 150 valence electrons. The van der Waals surface area contributed by atoms with E-state index in [-0.39, 0.29) is 10.9 Å². The number of rotatable bonds is 3. The van der Waals surface area contributed by atoms with Gasteiger partial charge in [0.1, 0.15) is 5.82 Å². The van der Waals surface area contributed by atoms with Gasteiger partial charge >= 0.3 is 0 Å². The number of amides is 1. The molecule has 1 amide bonds. The van der Waals surface area contributed by atoms with Gasteiger partial charge in [0.05, 0.1) is 22.0 Å². The molecule has 3 aromatic rings. The molecule has 0 saturated carbocycles. The van der Waals surface area contributed by atoms with Crippen molar-refractivity contribution in [3.63, 3.8) is 0 Å². The third kappa shape index (κ3) is 4.03. The van der Waals surface area contributed by atoms with Crippen LogP contribution in [0.1, 0.15) is 35.8 Å². The molecule has 1 aliphatic heterocycles. The molecule has 5 nitrogen and oxygen atoms in total. The number of carbonyl (C=O) groups is 1. The minimum Gasteiger partial charge on any atom is -0.353 e. The number of aryl methyl sites for hydroxylation is 1. The molecule has 7 heteroatoms. The number of fused-ring (bicyclic) bond motifs is 1. The van der Waals surface area contributed by atoms with Gasteiger partial charge in [0.15, 0.2) is 5.65 Å². The first-order valence-corrected chi connectivity index (χ1v) is 10.1. The predicted octanol–water partition coefficient (Wildman–Crippen LogP) is 5.35. The maximum atomic E-state index is 13.5. The highest BCUT2D eigenvalue weighted by Crippen LogP contribution is 2.33. The Labute approximate surface area is 173 Å². The van der Waals surface area contributed by atoms with Crippen molar-refractivity contribution >= 4 is 39.9 Å². The molecule has 3 heterocycles. The van der Waals surface area contributed by atoms with Gasteiger partial charge < -0.3 is 10.2 Å². The number of piperidine rings is 1. The third-order valence-electron chi connectivity index (χ3n) is 5.23. The summed E-state index contributed by atoms with van der Waals surface area (Å²) < 4.78 is 13.5. The number of anilines is 2. The van der Waals surface area contributed by atoms with Gasteiger partial charge in [-0.3, -0.25) is 4.79 Å². The first-order chi connectivity index (χ1) is 13.9. The summed E-state index contributed by atoms with van der Waals surface area (Å²) in [5.41, 5.74) is 2.92. The van der Waals surface area contributed by atoms with E-state index in [9.17, 15) is 9.18 Å². The topological polar surface area (TPSA) is 58.1 Å². The Kier molecular flexibility index (Phi) is 5.37. The fourth-order valence-corrected chi connectivity index (χ4v) is 3.95. The summed E-state index contributed by atoms with van der Waals surface area (Å²) in [5, 5.41) is 4.19. The van der Waals surface area contributed by atoms with E-state index in [1.165, 1.54) is 12.1 Å². The second-order valence-electron chi connectivity index (χ2n) is 7.62. The highest BCUT2D eigenvalue weighted by molar-refractivity contribution is 6.33. The van der Waals surface area contributed by atoms with Crippen LogP contribution in [0.15, 0.2) is 36.5 Å². The highest BCUT2D eigenvalue weighted by atomic mass is 35.5. The number of nitrogens with zero attached hydrogens (tertiary/aromatic N) is 3. The van der Waals surface area contributed by atoms with E-state index in [0.29, 0.717) is 33.9 Å². The van der Waals surface area contributed by atoms with E-state index in [1.54, 1.807) is 12.3 Å². The Morgan fingerprint density at radius 3 is 2.90 bits per heavy atom. The zero-order valence-electron chi connectivity index (χ0n) is 16.4. The van der Waals surface area contributed by atoms with E-state index in [4.69, 9.17) is 11.6 Å². The number of likely N-dealkylation sites (tertiary alicyclic amines) is 1. The molecule has 0 aliphatic carbocycles. The van der Waals surface area contributed by atoms with Gasteiger partial charge in [0, 0.05) is 30.4 Å². The monoisotopic (exact) mass is 412 g/mol. The van der Waals surface area contributed by atoms with Crippen LogP contribution in [0, 0.1) is 18.7 Å². The van der Waals surface area contributed by atoms with Crippen molar-refractivity contribution in [1.82, 2.24) is 14.9 Å². The van der Waals surface area contributed by atoms with Crippen LogP contribution in [0.5, 0.6) is 0 Å². The first-order valence-electron chi connectivity index (χ1n) is 9.70. The van der Waals surface area contributed by atoms with Crippen molar-refractivity contribution in [2.45, 2.75) is 26.7 Å². The molecule has 2 aromatic heterocycles. The molecule has 1 N–H and O–H groups in total. The minimum absolute atomic E-state index is 0.0766. The number of hydrogen-bond donors (Lipinski definition) is 1. The molecule has 1 aromatic carbocycles. The van der Waals surface area contributed by atoms with Crippen LogP contribution in [-0.2, 0) is 0 Å². The van der Waals surface area contributed by atoms with Gasteiger partial charge in [0.25, 0.3) is 5.91 Å². The molecule has 0 spiro atoms. The molecular formula is C22H22ClFN4O. The molecule has 1 atom stereocenters. The second kappa shape index (κ2) is 7.95. The molecule has 0 radical (unpaired) electrons. The number of benzene rings is 1. The van der Waals surface area contributed by atoms with Crippen LogP contribution in [0.4, 0.5) is 15.8 Å². The SMILES string of the molecule is Cc1ccc2c(Nc3ccc(F)cc3Cl)c(C(=O)N3CCCC(C)C3)cnc2n1. The van der Waals surface area contributed by atoms with Crippen molar-refractivity contribution < 1.29 is 9.18 Å². The van der Waals surface area contributed by atoms with Crippen molar-refractivity contribution in [3.05, 3.63) is 58.6 Å². The summed E-state index contributed by atoms with van der Waals surface area (Å²) in [6, 6.07) is 7.89. The summed E-state index contributed by atoms with van der Waals surface area (Å²) >= 11 is 6.23. The lowest BCUT2D eigenvalue weighted by atomic mass is 9.99. The van der Waals surface area contributed by atoms with Crippen molar-refractivity contribution in [3.8, 4) is 0 Å². The zero-order valence-corrected chi connectivity index (χ0v) is 17.1. The first kappa shape index (κ1) is 19.6. The Balaban J connectivity index is 1.82. The Morgan fingerprint density at radius 2 is 2.14 bits per heavy atom. The smallest absolute Gasteiger partial charge is 0.257 e. The number of nitrogens with one attached hydrogen (secondary N) is 1. The van der Waals surface area contributed by atoms with Crippen LogP contribution >= 0.6 is 11.6 Å². The maximum Gasteiger partial charge on any atom is 0.257 e. The number of carbonyl (C=O) groups excluding carboxylic acids is 1.